The highest BCUT2D eigenvalue weighted by Crippen LogP contribution is 2.31. The number of nitrogens with zero attached hydrogens (tertiary/aromatic N) is 6. The van der Waals surface area contributed by atoms with Crippen LogP contribution in [0.1, 0.15) is 72.6 Å². The zero-order valence-corrected chi connectivity index (χ0v) is 23.7. The monoisotopic (exact) mass is 517 g/mol. The summed E-state index contributed by atoms with van der Waals surface area (Å²) in [7, 11) is 0. The summed E-state index contributed by atoms with van der Waals surface area (Å²) < 4.78 is 14.4. The van der Waals surface area contributed by atoms with Crippen LogP contribution in [-0.2, 0) is 28.2 Å². The van der Waals surface area contributed by atoms with Gasteiger partial charge < -0.3 is 9.47 Å². The van der Waals surface area contributed by atoms with E-state index in [4.69, 9.17) is 19.6 Å². The van der Waals surface area contributed by atoms with Crippen molar-refractivity contribution in [2.75, 3.05) is 0 Å². The largest absolute Gasteiger partial charge is 0.341 e. The van der Waals surface area contributed by atoms with Gasteiger partial charge in [0.25, 0.3) is 0 Å². The number of benzene rings is 2. The van der Waals surface area contributed by atoms with Crippen LogP contribution in [0.5, 0.6) is 0 Å². The number of aromatic nitrogens is 7. The predicted molar refractivity (Wildman–Crippen MR) is 147 cm³/mol. The molecule has 0 unspecified atom stereocenters. The Hall–Kier alpha value is -3.43. The molecule has 4 rings (SSSR count). The fourth-order valence-electron chi connectivity index (χ4n) is 4.50. The van der Waals surface area contributed by atoms with Gasteiger partial charge in [-0.2, -0.15) is 10.3 Å². The highest BCUT2D eigenvalue weighted by molar-refractivity contribution is 5.80. The number of H-pyrrole nitrogens is 1. The summed E-state index contributed by atoms with van der Waals surface area (Å²) in [5.41, 5.74) is 4.21. The maximum absolute atomic E-state index is 6.21. The summed E-state index contributed by atoms with van der Waals surface area (Å²) in [4.78, 5) is 4.97. The van der Waals surface area contributed by atoms with E-state index < -0.39 is 5.79 Å². The van der Waals surface area contributed by atoms with Gasteiger partial charge in [0.05, 0.1) is 12.2 Å². The Morgan fingerprint density at radius 2 is 1.50 bits per heavy atom. The van der Waals surface area contributed by atoms with Crippen LogP contribution in [0.4, 0.5) is 0 Å². The molecule has 9 heteroatoms. The van der Waals surface area contributed by atoms with E-state index in [9.17, 15) is 0 Å². The SMILES string of the molecule is CC(C)OC(C)(OC(C)C)c1nc(Cc2ccc(-c3ccccc3-c3nn[nH]n3)cc2)n(CC(C)(C)C)n1. The molecule has 0 amide bonds. The molecule has 38 heavy (non-hydrogen) atoms. The van der Waals surface area contributed by atoms with E-state index in [1.54, 1.807) is 0 Å². The summed E-state index contributed by atoms with van der Waals surface area (Å²) >= 11 is 0. The first-order chi connectivity index (χ1) is 17.9. The molecule has 9 nitrogen and oxygen atoms in total. The number of nitrogens with one attached hydrogen (secondary N) is 1. The number of ether oxygens (including phenoxy) is 2. The van der Waals surface area contributed by atoms with Crippen LogP contribution >= 0.6 is 0 Å². The molecule has 0 saturated carbocycles. The van der Waals surface area contributed by atoms with Crippen LogP contribution in [0.3, 0.4) is 0 Å². The summed E-state index contributed by atoms with van der Waals surface area (Å²) in [5.74, 6) is 0.955. The van der Waals surface area contributed by atoms with Crippen LogP contribution in [0.15, 0.2) is 48.5 Å². The number of hydrogen-bond donors (Lipinski definition) is 1. The van der Waals surface area contributed by atoms with Crippen molar-refractivity contribution in [3.05, 3.63) is 65.7 Å². The highest BCUT2D eigenvalue weighted by Gasteiger charge is 2.37. The minimum Gasteiger partial charge on any atom is -0.341 e. The van der Waals surface area contributed by atoms with Gasteiger partial charge in [0, 0.05) is 18.5 Å². The lowest BCUT2D eigenvalue weighted by atomic mass is 9.96. The quantitative estimate of drug-likeness (QED) is 0.266. The highest BCUT2D eigenvalue weighted by atomic mass is 16.7. The molecule has 0 fully saturated rings. The first-order valence-corrected chi connectivity index (χ1v) is 13.2. The molecule has 2 aromatic carbocycles. The fourth-order valence-corrected chi connectivity index (χ4v) is 4.50. The molecule has 202 valence electrons. The Bertz CT molecular complexity index is 1310. The first-order valence-electron chi connectivity index (χ1n) is 13.2. The van der Waals surface area contributed by atoms with Crippen molar-refractivity contribution in [3.63, 3.8) is 0 Å². The van der Waals surface area contributed by atoms with E-state index >= 15 is 0 Å². The van der Waals surface area contributed by atoms with Gasteiger partial charge in [-0.3, -0.25) is 0 Å². The first kappa shape index (κ1) is 27.6. The van der Waals surface area contributed by atoms with E-state index in [0.29, 0.717) is 18.1 Å². The van der Waals surface area contributed by atoms with E-state index in [1.807, 2.05) is 57.5 Å². The van der Waals surface area contributed by atoms with Gasteiger partial charge in [-0.05, 0) is 61.9 Å². The smallest absolute Gasteiger partial charge is 0.229 e. The van der Waals surface area contributed by atoms with Crippen molar-refractivity contribution in [3.8, 4) is 22.5 Å². The molecule has 0 aliphatic rings. The Kier molecular flexibility index (Phi) is 8.08. The van der Waals surface area contributed by atoms with Crippen molar-refractivity contribution < 1.29 is 9.47 Å². The van der Waals surface area contributed by atoms with Crippen molar-refractivity contribution in [2.24, 2.45) is 5.41 Å². The lowest BCUT2D eigenvalue weighted by Gasteiger charge is -2.31. The maximum Gasteiger partial charge on any atom is 0.229 e. The topological polar surface area (TPSA) is 104 Å². The third kappa shape index (κ3) is 6.71. The lowest BCUT2D eigenvalue weighted by molar-refractivity contribution is -0.271. The second kappa shape index (κ2) is 11.1. The minimum absolute atomic E-state index is 0.0245. The van der Waals surface area contributed by atoms with Gasteiger partial charge in [0.2, 0.25) is 17.4 Å². The Balaban J connectivity index is 1.65. The second-order valence-corrected chi connectivity index (χ2v) is 11.5. The maximum atomic E-state index is 6.21. The molecule has 0 aliphatic carbocycles. The Labute approximate surface area is 225 Å². The molecule has 2 heterocycles. The van der Waals surface area contributed by atoms with Crippen LogP contribution in [0, 0.1) is 5.41 Å². The number of aromatic amines is 1. The van der Waals surface area contributed by atoms with E-state index in [0.717, 1.165) is 34.6 Å². The van der Waals surface area contributed by atoms with Gasteiger partial charge in [-0.15, -0.1) is 10.2 Å². The Morgan fingerprint density at radius 1 is 0.868 bits per heavy atom. The molecule has 0 aliphatic heterocycles. The average molecular weight is 518 g/mol. The van der Waals surface area contributed by atoms with Gasteiger partial charge in [0.15, 0.2) is 0 Å². The van der Waals surface area contributed by atoms with Gasteiger partial charge in [-0.25, -0.2) is 9.67 Å². The molecular weight excluding hydrogens is 478 g/mol. The molecule has 1 N–H and O–H groups in total. The molecule has 0 bridgehead atoms. The number of rotatable bonds is 10. The normalized spacial score (nSPS) is 12.6. The second-order valence-electron chi connectivity index (χ2n) is 11.5. The predicted octanol–water partition coefficient (Wildman–Crippen LogP) is 5.78. The van der Waals surface area contributed by atoms with Crippen LogP contribution in [0.25, 0.3) is 22.5 Å². The number of tetrazole rings is 1. The van der Waals surface area contributed by atoms with Gasteiger partial charge in [-0.1, -0.05) is 69.3 Å². The summed E-state index contributed by atoms with van der Waals surface area (Å²) in [6, 6.07) is 16.6. The molecular formula is C29H39N7O2. The summed E-state index contributed by atoms with van der Waals surface area (Å²) in [5, 5.41) is 19.5. The third-order valence-electron chi connectivity index (χ3n) is 5.84. The Morgan fingerprint density at radius 3 is 2.05 bits per heavy atom. The van der Waals surface area contributed by atoms with Crippen LogP contribution in [-0.4, -0.2) is 47.6 Å². The summed E-state index contributed by atoms with van der Waals surface area (Å²) in [6.45, 7) is 17.2. The number of hydrogen-bond acceptors (Lipinski definition) is 7. The van der Waals surface area contributed by atoms with Crippen LogP contribution < -0.4 is 0 Å². The van der Waals surface area contributed by atoms with E-state index in [1.165, 1.54) is 0 Å². The summed E-state index contributed by atoms with van der Waals surface area (Å²) in [6.07, 6.45) is 0.550. The molecule has 4 aromatic rings. The van der Waals surface area contributed by atoms with Gasteiger partial charge >= 0.3 is 0 Å². The molecule has 0 spiro atoms. The standard InChI is InChI=1S/C29H39N7O2/c1-19(2)37-29(8,38-20(3)4)27-30-25(36(33-27)18-28(5,6)7)17-21-13-15-22(16-14-21)23-11-9-10-12-24(23)26-31-34-35-32-26/h9-16,19-20H,17-18H2,1-8H3,(H,31,32,34,35). The van der Waals surface area contributed by atoms with Crippen LogP contribution in [0.2, 0.25) is 0 Å². The fraction of sp³-hybridized carbons (Fsp3) is 0.483. The van der Waals surface area contributed by atoms with Crippen molar-refractivity contribution in [2.45, 2.75) is 86.4 Å². The van der Waals surface area contributed by atoms with Crippen molar-refractivity contribution >= 4 is 0 Å². The van der Waals surface area contributed by atoms with Crippen molar-refractivity contribution in [1.29, 1.82) is 0 Å². The zero-order chi connectivity index (χ0) is 27.5. The van der Waals surface area contributed by atoms with E-state index in [-0.39, 0.29) is 17.6 Å². The third-order valence-corrected chi connectivity index (χ3v) is 5.84. The van der Waals surface area contributed by atoms with E-state index in [2.05, 4.69) is 71.7 Å². The molecule has 0 saturated heterocycles. The minimum atomic E-state index is -1.04. The van der Waals surface area contributed by atoms with Crippen molar-refractivity contribution in [1.82, 2.24) is 35.4 Å². The molecule has 0 radical (unpaired) electrons. The molecule has 2 aromatic heterocycles. The molecule has 0 atom stereocenters. The lowest BCUT2D eigenvalue weighted by Crippen LogP contribution is -2.36. The zero-order valence-electron chi connectivity index (χ0n) is 23.7. The van der Waals surface area contributed by atoms with Gasteiger partial charge in [0.1, 0.15) is 5.82 Å². The average Bonchev–Trinajstić information content (AvgIpc) is 3.49.